The predicted molar refractivity (Wildman–Crippen MR) is 131 cm³/mol. The van der Waals surface area contributed by atoms with E-state index in [2.05, 4.69) is 27.6 Å². The number of benzene rings is 2. The van der Waals surface area contributed by atoms with Crippen LogP contribution in [0.5, 0.6) is 5.75 Å². The number of amides is 1. The van der Waals surface area contributed by atoms with Gasteiger partial charge >= 0.3 is 0 Å². The van der Waals surface area contributed by atoms with Crippen LogP contribution in [0.4, 0.5) is 4.39 Å². The van der Waals surface area contributed by atoms with E-state index in [9.17, 15) is 9.18 Å². The molecule has 0 spiro atoms. The molecule has 1 aliphatic carbocycles. The normalized spacial score (nSPS) is 16.1. The number of nitrogens with one attached hydrogen (secondary N) is 1. The van der Waals surface area contributed by atoms with Gasteiger partial charge in [0, 0.05) is 12.8 Å². The van der Waals surface area contributed by atoms with Gasteiger partial charge in [0.2, 0.25) is 5.91 Å². The van der Waals surface area contributed by atoms with Gasteiger partial charge in [-0.3, -0.25) is 4.79 Å². The summed E-state index contributed by atoms with van der Waals surface area (Å²) in [5.41, 5.74) is 0.608. The minimum Gasteiger partial charge on any atom is -0.493 e. The number of nitrogens with zero attached hydrogens (tertiary/aromatic N) is 3. The van der Waals surface area contributed by atoms with Gasteiger partial charge in [0.15, 0.2) is 11.0 Å². The second-order valence-corrected chi connectivity index (χ2v) is 9.82. The number of ether oxygens (including phenoxy) is 1. The molecule has 34 heavy (non-hydrogen) atoms. The van der Waals surface area contributed by atoms with Crippen LogP contribution in [0.15, 0.2) is 59.8 Å². The van der Waals surface area contributed by atoms with Gasteiger partial charge in [0.25, 0.3) is 0 Å². The van der Waals surface area contributed by atoms with Crippen LogP contribution >= 0.6 is 11.8 Å². The van der Waals surface area contributed by atoms with Gasteiger partial charge in [0.1, 0.15) is 11.6 Å². The zero-order valence-electron chi connectivity index (χ0n) is 19.7. The van der Waals surface area contributed by atoms with E-state index in [1.807, 2.05) is 36.7 Å². The van der Waals surface area contributed by atoms with Gasteiger partial charge in [-0.15, -0.1) is 10.2 Å². The van der Waals surface area contributed by atoms with Gasteiger partial charge in [0.05, 0.1) is 18.1 Å². The Labute approximate surface area is 204 Å². The quantitative estimate of drug-likeness (QED) is 0.335. The van der Waals surface area contributed by atoms with E-state index < -0.39 is 5.41 Å². The smallest absolute Gasteiger partial charge is 0.231 e. The monoisotopic (exact) mass is 482 g/mol. The maximum Gasteiger partial charge on any atom is 0.231 e. The van der Waals surface area contributed by atoms with Crippen molar-refractivity contribution in [3.8, 4) is 5.75 Å². The third-order valence-electron chi connectivity index (χ3n) is 6.47. The lowest BCUT2D eigenvalue weighted by molar-refractivity contribution is -0.128. The number of carbonyl (C=O) groups excluding carboxylic acids is 1. The molecule has 6 nitrogen and oxygen atoms in total. The van der Waals surface area contributed by atoms with Gasteiger partial charge in [-0.05, 0) is 49.6 Å². The van der Waals surface area contributed by atoms with Crippen LogP contribution in [-0.2, 0) is 17.3 Å². The summed E-state index contributed by atoms with van der Waals surface area (Å²) in [5.74, 6) is 1.80. The van der Waals surface area contributed by atoms with Crippen LogP contribution in [0.2, 0.25) is 0 Å². The summed E-state index contributed by atoms with van der Waals surface area (Å²) >= 11 is 1.53. The first kappa shape index (κ1) is 24.3. The molecule has 1 N–H and O–H groups in total. The van der Waals surface area contributed by atoms with E-state index in [-0.39, 0.29) is 17.8 Å². The van der Waals surface area contributed by atoms with Crippen molar-refractivity contribution in [3.63, 3.8) is 0 Å². The molecule has 8 heteroatoms. The number of thioether (sulfide) groups is 1. The maximum absolute atomic E-state index is 13.6. The molecule has 1 aliphatic rings. The van der Waals surface area contributed by atoms with Crippen LogP contribution in [0.1, 0.15) is 56.5 Å². The van der Waals surface area contributed by atoms with E-state index in [1.54, 1.807) is 12.1 Å². The number of hydrogen-bond donors (Lipinski definition) is 1. The van der Waals surface area contributed by atoms with Gasteiger partial charge < -0.3 is 14.6 Å². The standard InChI is InChI=1S/C26H31FN4O2S/c1-19(28-24(32)26(15-7-4-8-16-26)20-9-5-3-6-10-20)23-29-30-25(31(23)2)34-18-17-33-22-13-11-21(27)12-14-22/h3,5-6,9-14,19H,4,7-8,15-18H2,1-2H3,(H,28,32)/t19-/m0/s1. The summed E-state index contributed by atoms with van der Waals surface area (Å²) in [6.45, 7) is 2.42. The van der Waals surface area contributed by atoms with Gasteiger partial charge in [-0.25, -0.2) is 4.39 Å². The summed E-state index contributed by atoms with van der Waals surface area (Å²) in [6.07, 6.45) is 5.02. The highest BCUT2D eigenvalue weighted by atomic mass is 32.2. The van der Waals surface area contributed by atoms with Crippen molar-refractivity contribution in [2.24, 2.45) is 7.05 Å². The lowest BCUT2D eigenvalue weighted by Crippen LogP contribution is -2.46. The topological polar surface area (TPSA) is 69.0 Å². The molecule has 1 atom stereocenters. The summed E-state index contributed by atoms with van der Waals surface area (Å²) in [4.78, 5) is 13.6. The SMILES string of the molecule is C[C@H](NC(=O)C1(c2ccccc2)CCCCC1)c1nnc(SCCOc2ccc(F)cc2)n1C. The number of rotatable bonds is 9. The molecule has 4 rings (SSSR count). The molecule has 180 valence electrons. The highest BCUT2D eigenvalue weighted by Crippen LogP contribution is 2.40. The molecular formula is C26H31FN4O2S. The Morgan fingerprint density at radius 3 is 2.53 bits per heavy atom. The first-order chi connectivity index (χ1) is 16.5. The Hall–Kier alpha value is -2.87. The lowest BCUT2D eigenvalue weighted by atomic mass is 9.68. The van der Waals surface area contributed by atoms with Crippen molar-refractivity contribution in [3.05, 3.63) is 71.8 Å². The third-order valence-corrected chi connectivity index (χ3v) is 7.45. The van der Waals surface area contributed by atoms with E-state index in [4.69, 9.17) is 4.74 Å². The zero-order valence-corrected chi connectivity index (χ0v) is 20.5. The van der Waals surface area contributed by atoms with Crippen molar-refractivity contribution >= 4 is 17.7 Å². The van der Waals surface area contributed by atoms with E-state index in [1.165, 1.54) is 30.3 Å². The van der Waals surface area contributed by atoms with Gasteiger partial charge in [-0.1, -0.05) is 61.4 Å². The third kappa shape index (κ3) is 5.43. The molecule has 1 saturated carbocycles. The van der Waals surface area contributed by atoms with Crippen LogP contribution < -0.4 is 10.1 Å². The molecule has 2 aromatic carbocycles. The fraction of sp³-hybridized carbons (Fsp3) is 0.423. The number of carbonyl (C=O) groups is 1. The van der Waals surface area contributed by atoms with Crippen LogP contribution in [-0.4, -0.2) is 33.0 Å². The molecule has 1 fully saturated rings. The van der Waals surface area contributed by atoms with Gasteiger partial charge in [-0.2, -0.15) is 0 Å². The summed E-state index contributed by atoms with van der Waals surface area (Å²) in [7, 11) is 1.91. The van der Waals surface area contributed by atoms with Crippen molar-refractivity contribution in [2.75, 3.05) is 12.4 Å². The van der Waals surface area contributed by atoms with Crippen molar-refractivity contribution in [1.82, 2.24) is 20.1 Å². The first-order valence-corrected chi connectivity index (χ1v) is 12.7. The Bertz CT molecular complexity index is 1080. The molecule has 0 saturated heterocycles. The molecule has 0 unspecified atom stereocenters. The highest BCUT2D eigenvalue weighted by Gasteiger charge is 2.41. The van der Waals surface area contributed by atoms with Crippen LogP contribution in [0.25, 0.3) is 0 Å². The minimum atomic E-state index is -0.484. The van der Waals surface area contributed by atoms with E-state index in [0.29, 0.717) is 23.9 Å². The molecule has 1 heterocycles. The average molecular weight is 483 g/mol. The second-order valence-electron chi connectivity index (χ2n) is 8.75. The number of hydrogen-bond acceptors (Lipinski definition) is 5. The molecule has 0 aliphatic heterocycles. The Morgan fingerprint density at radius 2 is 1.82 bits per heavy atom. The fourth-order valence-corrected chi connectivity index (χ4v) is 5.35. The minimum absolute atomic E-state index is 0.0656. The number of halogens is 1. The second kappa shape index (κ2) is 11.0. The zero-order chi connectivity index (χ0) is 24.0. The highest BCUT2D eigenvalue weighted by molar-refractivity contribution is 7.99. The van der Waals surface area contributed by atoms with Crippen molar-refractivity contribution < 1.29 is 13.9 Å². The number of aromatic nitrogens is 3. The predicted octanol–water partition coefficient (Wildman–Crippen LogP) is 5.20. The van der Waals surface area contributed by atoms with Crippen molar-refractivity contribution in [1.29, 1.82) is 0 Å². The molecule has 0 radical (unpaired) electrons. The maximum atomic E-state index is 13.6. The van der Waals surface area contributed by atoms with E-state index in [0.717, 1.165) is 36.4 Å². The van der Waals surface area contributed by atoms with Crippen molar-refractivity contribution in [2.45, 2.75) is 55.6 Å². The van der Waals surface area contributed by atoms with Crippen LogP contribution in [0, 0.1) is 5.82 Å². The molecule has 1 amide bonds. The summed E-state index contributed by atoms with van der Waals surface area (Å²) in [5, 5.41) is 12.6. The average Bonchev–Trinajstić information content (AvgIpc) is 3.24. The van der Waals surface area contributed by atoms with Crippen LogP contribution in [0.3, 0.4) is 0 Å². The molecule has 1 aromatic heterocycles. The first-order valence-electron chi connectivity index (χ1n) is 11.8. The molecular weight excluding hydrogens is 451 g/mol. The Kier molecular flexibility index (Phi) is 7.88. The fourth-order valence-electron chi connectivity index (χ4n) is 4.61. The largest absolute Gasteiger partial charge is 0.493 e. The van der Waals surface area contributed by atoms with E-state index >= 15 is 0 Å². The molecule has 3 aromatic rings. The Balaban J connectivity index is 1.37. The molecule has 0 bridgehead atoms. The lowest BCUT2D eigenvalue weighted by Gasteiger charge is -2.37. The Morgan fingerprint density at radius 1 is 1.12 bits per heavy atom. The summed E-state index contributed by atoms with van der Waals surface area (Å²) < 4.78 is 20.6. The summed E-state index contributed by atoms with van der Waals surface area (Å²) in [6, 6.07) is 15.9.